The topological polar surface area (TPSA) is 109 Å². The molecule has 0 bridgehead atoms. The van der Waals surface area contributed by atoms with Gasteiger partial charge in [-0.15, -0.1) is 10.2 Å². The maximum Gasteiger partial charge on any atom is 0.247 e. The number of hydrogen-bond donors (Lipinski definition) is 3. The molecular weight excluding hydrogens is 396 g/mol. The van der Waals surface area contributed by atoms with Crippen LogP contribution in [-0.2, 0) is 4.74 Å². The molecule has 5 unspecified atom stereocenters. The van der Waals surface area contributed by atoms with Gasteiger partial charge in [0.2, 0.25) is 11.8 Å². The number of rotatable bonds is 4. The van der Waals surface area contributed by atoms with Crippen molar-refractivity contribution < 1.29 is 24.5 Å². The Morgan fingerprint density at radius 2 is 1.74 bits per heavy atom. The number of aryl methyl sites for hydroxylation is 2. The van der Waals surface area contributed by atoms with Gasteiger partial charge in [-0.05, 0) is 47.7 Å². The van der Waals surface area contributed by atoms with Crippen LogP contribution in [0.5, 0.6) is 0 Å². The second-order valence-electron chi connectivity index (χ2n) is 8.29. The molecular formula is C24H28N2O5. The second kappa shape index (κ2) is 8.51. The van der Waals surface area contributed by atoms with E-state index in [-0.39, 0.29) is 12.5 Å². The minimum absolute atomic E-state index is 0.212. The van der Waals surface area contributed by atoms with E-state index in [0.717, 1.165) is 33.4 Å². The van der Waals surface area contributed by atoms with Crippen LogP contribution in [0.25, 0.3) is 22.6 Å². The van der Waals surface area contributed by atoms with E-state index in [2.05, 4.69) is 16.3 Å². The van der Waals surface area contributed by atoms with E-state index >= 15 is 0 Å². The maximum atomic E-state index is 10.7. The largest absolute Gasteiger partial charge is 0.421 e. The molecule has 1 saturated heterocycles. The predicted molar refractivity (Wildman–Crippen MR) is 115 cm³/mol. The summed E-state index contributed by atoms with van der Waals surface area (Å²) in [6.45, 7) is 7.29. The third kappa shape index (κ3) is 3.90. The number of ether oxygens (including phenoxy) is 1. The van der Waals surface area contributed by atoms with E-state index in [9.17, 15) is 15.3 Å². The lowest BCUT2D eigenvalue weighted by atomic mass is 9.83. The third-order valence-electron chi connectivity index (χ3n) is 6.26. The number of hydrogen-bond acceptors (Lipinski definition) is 7. The molecule has 3 aromatic rings. The van der Waals surface area contributed by atoms with Gasteiger partial charge in [0.05, 0.1) is 18.8 Å². The maximum absolute atomic E-state index is 10.7. The number of aliphatic hydroxyl groups is 3. The summed E-state index contributed by atoms with van der Waals surface area (Å²) in [6.07, 6.45) is -3.30. The molecule has 3 N–H and O–H groups in total. The van der Waals surface area contributed by atoms with Crippen molar-refractivity contribution in [2.45, 2.75) is 52.1 Å². The Bertz CT molecular complexity index is 1080. The Morgan fingerprint density at radius 3 is 2.39 bits per heavy atom. The minimum atomic E-state index is -1.07. The molecule has 4 rings (SSSR count). The third-order valence-corrected chi connectivity index (χ3v) is 6.26. The molecule has 1 aliphatic rings. The molecule has 164 valence electrons. The van der Waals surface area contributed by atoms with Gasteiger partial charge < -0.3 is 24.5 Å². The Hall–Kier alpha value is -2.58. The molecule has 2 heterocycles. The zero-order chi connectivity index (χ0) is 22.3. The Balaban J connectivity index is 1.70. The SMILES string of the molecule is Cc1nnc(-c2ccc(-c3cccc(C4OC(CO)C(C)C(O)C4O)c3C)cc2C)o1. The number of benzene rings is 2. The molecule has 7 heteroatoms. The van der Waals surface area contributed by atoms with Crippen LogP contribution < -0.4 is 0 Å². The molecule has 0 saturated carbocycles. The molecule has 1 fully saturated rings. The van der Waals surface area contributed by atoms with Gasteiger partial charge in [0, 0.05) is 18.4 Å². The highest BCUT2D eigenvalue weighted by Crippen LogP contribution is 2.39. The molecule has 0 radical (unpaired) electrons. The summed E-state index contributed by atoms with van der Waals surface area (Å²) in [5.41, 5.74) is 5.64. The van der Waals surface area contributed by atoms with Crippen LogP contribution in [0.3, 0.4) is 0 Å². The van der Waals surface area contributed by atoms with Gasteiger partial charge >= 0.3 is 0 Å². The average Bonchev–Trinajstić information content (AvgIpc) is 3.19. The molecule has 0 aliphatic carbocycles. The first-order valence-electron chi connectivity index (χ1n) is 10.4. The molecule has 0 spiro atoms. The second-order valence-corrected chi connectivity index (χ2v) is 8.29. The standard InChI is InChI=1S/C24H28N2O5/c1-12-10-16(8-9-17(12)24-26-25-15(4)30-24)18-6-5-7-19(13(18)2)23-22(29)21(28)14(3)20(11-27)31-23/h5-10,14,20-23,27-29H,11H2,1-4H3. The lowest BCUT2D eigenvalue weighted by Gasteiger charge is -2.41. The first-order valence-corrected chi connectivity index (χ1v) is 10.4. The van der Waals surface area contributed by atoms with Gasteiger partial charge in [0.25, 0.3) is 0 Å². The van der Waals surface area contributed by atoms with Crippen molar-refractivity contribution in [1.29, 1.82) is 0 Å². The van der Waals surface area contributed by atoms with Crippen LogP contribution in [0.4, 0.5) is 0 Å². The smallest absolute Gasteiger partial charge is 0.247 e. The van der Waals surface area contributed by atoms with Gasteiger partial charge in [-0.25, -0.2) is 0 Å². The van der Waals surface area contributed by atoms with Crippen molar-refractivity contribution in [3.05, 3.63) is 59.0 Å². The van der Waals surface area contributed by atoms with E-state index in [4.69, 9.17) is 9.15 Å². The predicted octanol–water partition coefficient (Wildman–Crippen LogP) is 3.12. The number of nitrogens with zero attached hydrogens (tertiary/aromatic N) is 2. The summed E-state index contributed by atoms with van der Waals surface area (Å²) in [5, 5.41) is 38.8. The van der Waals surface area contributed by atoms with E-state index in [1.807, 2.05) is 44.2 Å². The Labute approximate surface area is 181 Å². The summed E-state index contributed by atoms with van der Waals surface area (Å²) in [7, 11) is 0. The van der Waals surface area contributed by atoms with Crippen LogP contribution in [-0.4, -0.2) is 50.4 Å². The van der Waals surface area contributed by atoms with Gasteiger partial charge in [0.15, 0.2) is 0 Å². The molecule has 2 aromatic carbocycles. The van der Waals surface area contributed by atoms with E-state index in [0.29, 0.717) is 11.8 Å². The van der Waals surface area contributed by atoms with E-state index in [1.165, 1.54) is 0 Å². The van der Waals surface area contributed by atoms with Crippen molar-refractivity contribution in [1.82, 2.24) is 10.2 Å². The zero-order valence-electron chi connectivity index (χ0n) is 18.1. The molecule has 7 nitrogen and oxygen atoms in total. The minimum Gasteiger partial charge on any atom is -0.421 e. The van der Waals surface area contributed by atoms with E-state index in [1.54, 1.807) is 13.8 Å². The van der Waals surface area contributed by atoms with E-state index < -0.39 is 24.4 Å². The van der Waals surface area contributed by atoms with Crippen molar-refractivity contribution in [3.8, 4) is 22.6 Å². The van der Waals surface area contributed by atoms with Crippen molar-refractivity contribution >= 4 is 0 Å². The Morgan fingerprint density at radius 1 is 0.968 bits per heavy atom. The lowest BCUT2D eigenvalue weighted by Crippen LogP contribution is -2.50. The van der Waals surface area contributed by atoms with Crippen LogP contribution >= 0.6 is 0 Å². The summed E-state index contributed by atoms with van der Waals surface area (Å²) < 4.78 is 11.6. The van der Waals surface area contributed by atoms with Gasteiger partial charge in [-0.1, -0.05) is 37.3 Å². The first kappa shape index (κ1) is 21.6. The molecule has 31 heavy (non-hydrogen) atoms. The summed E-state index contributed by atoms with van der Waals surface area (Å²) in [4.78, 5) is 0. The normalized spacial score (nSPS) is 26.2. The van der Waals surface area contributed by atoms with Crippen molar-refractivity contribution in [3.63, 3.8) is 0 Å². The zero-order valence-corrected chi connectivity index (χ0v) is 18.1. The fraction of sp³-hybridized carbons (Fsp3) is 0.417. The number of aromatic nitrogens is 2. The quantitative estimate of drug-likeness (QED) is 0.590. The highest BCUT2D eigenvalue weighted by molar-refractivity contribution is 5.73. The fourth-order valence-electron chi connectivity index (χ4n) is 4.32. The van der Waals surface area contributed by atoms with Crippen molar-refractivity contribution in [2.24, 2.45) is 5.92 Å². The fourth-order valence-corrected chi connectivity index (χ4v) is 4.32. The van der Waals surface area contributed by atoms with Crippen LogP contribution in [0, 0.1) is 26.7 Å². The lowest BCUT2D eigenvalue weighted by molar-refractivity contribution is -0.207. The summed E-state index contributed by atoms with van der Waals surface area (Å²) >= 11 is 0. The van der Waals surface area contributed by atoms with Crippen molar-refractivity contribution in [2.75, 3.05) is 6.61 Å². The number of aliphatic hydroxyl groups excluding tert-OH is 3. The average molecular weight is 424 g/mol. The van der Waals surface area contributed by atoms with Gasteiger partial charge in [-0.2, -0.15) is 0 Å². The molecule has 0 amide bonds. The molecule has 1 aromatic heterocycles. The monoisotopic (exact) mass is 424 g/mol. The van der Waals surface area contributed by atoms with Gasteiger partial charge in [-0.3, -0.25) is 0 Å². The molecule has 5 atom stereocenters. The van der Waals surface area contributed by atoms with Crippen LogP contribution in [0.2, 0.25) is 0 Å². The Kier molecular flexibility index (Phi) is 5.94. The molecule has 1 aliphatic heterocycles. The highest BCUT2D eigenvalue weighted by atomic mass is 16.5. The van der Waals surface area contributed by atoms with Crippen LogP contribution in [0.1, 0.15) is 35.6 Å². The highest BCUT2D eigenvalue weighted by Gasteiger charge is 2.43. The first-order chi connectivity index (χ1) is 14.8. The summed E-state index contributed by atoms with van der Waals surface area (Å²) in [5.74, 6) is 0.651. The van der Waals surface area contributed by atoms with Crippen LogP contribution in [0.15, 0.2) is 40.8 Å². The summed E-state index contributed by atoms with van der Waals surface area (Å²) in [6, 6.07) is 11.8. The van der Waals surface area contributed by atoms with Gasteiger partial charge in [0.1, 0.15) is 12.2 Å².